The van der Waals surface area contributed by atoms with Gasteiger partial charge in [0.05, 0.1) is 11.6 Å². The van der Waals surface area contributed by atoms with Crippen molar-refractivity contribution in [3.63, 3.8) is 0 Å². The summed E-state index contributed by atoms with van der Waals surface area (Å²) >= 11 is 1.59. The smallest absolute Gasteiger partial charge is 0.0963 e. The van der Waals surface area contributed by atoms with Gasteiger partial charge in [-0.15, -0.1) is 11.8 Å². The first-order chi connectivity index (χ1) is 7.90. The van der Waals surface area contributed by atoms with E-state index in [4.69, 9.17) is 5.11 Å². The number of nitrogens with zero attached hydrogens (tertiary/aromatic N) is 1. The summed E-state index contributed by atoms with van der Waals surface area (Å²) < 4.78 is 0. The van der Waals surface area contributed by atoms with Crippen LogP contribution in [0.1, 0.15) is 33.3 Å². The highest BCUT2D eigenvalue weighted by molar-refractivity contribution is 7.99. The quantitative estimate of drug-likeness (QED) is 0.792. The van der Waals surface area contributed by atoms with Crippen LogP contribution in [-0.2, 0) is 6.54 Å². The highest BCUT2D eigenvalue weighted by Crippen LogP contribution is 2.20. The molecule has 0 aliphatic heterocycles. The number of nitrogens with one attached hydrogen (secondary N) is 1. The first-order valence-corrected chi connectivity index (χ1v) is 6.76. The Morgan fingerprint density at radius 1 is 1.41 bits per heavy atom. The number of aliphatic hydroxyl groups is 1. The van der Waals surface area contributed by atoms with E-state index < -0.39 is 0 Å². The fourth-order valence-electron chi connectivity index (χ4n) is 1.20. The van der Waals surface area contributed by atoms with Crippen LogP contribution < -0.4 is 5.32 Å². The molecule has 1 unspecified atom stereocenters. The summed E-state index contributed by atoms with van der Waals surface area (Å²) in [5.74, 6) is 0. The van der Waals surface area contributed by atoms with Crippen molar-refractivity contribution < 1.29 is 5.11 Å². The van der Waals surface area contributed by atoms with E-state index in [-0.39, 0.29) is 17.4 Å². The number of hydrogen-bond acceptors (Lipinski definition) is 4. The molecular formula is C13H22N2OS. The second-order valence-electron chi connectivity index (χ2n) is 5.22. The lowest BCUT2D eigenvalue weighted by Crippen LogP contribution is -2.35. The van der Waals surface area contributed by atoms with Crippen LogP contribution in [0.3, 0.4) is 0 Å². The van der Waals surface area contributed by atoms with Gasteiger partial charge in [0.15, 0.2) is 0 Å². The summed E-state index contributed by atoms with van der Waals surface area (Å²) in [4.78, 5) is 4.38. The topological polar surface area (TPSA) is 45.1 Å². The second kappa shape index (κ2) is 6.38. The molecule has 0 saturated heterocycles. The number of hydrogen-bond donors (Lipinski definition) is 2. The van der Waals surface area contributed by atoms with Crippen molar-refractivity contribution in [1.29, 1.82) is 0 Å². The number of aliphatic hydroxyl groups excluding tert-OH is 1. The van der Waals surface area contributed by atoms with Crippen molar-refractivity contribution in [2.24, 2.45) is 0 Å². The maximum absolute atomic E-state index is 8.97. The van der Waals surface area contributed by atoms with Gasteiger partial charge in [-0.25, -0.2) is 4.98 Å². The van der Waals surface area contributed by atoms with Gasteiger partial charge in [-0.1, -0.05) is 13.0 Å². The fraction of sp³-hybridized carbons (Fsp3) is 0.615. The van der Waals surface area contributed by atoms with Crippen molar-refractivity contribution in [1.82, 2.24) is 10.3 Å². The van der Waals surface area contributed by atoms with Gasteiger partial charge in [-0.2, -0.15) is 0 Å². The zero-order valence-corrected chi connectivity index (χ0v) is 11.8. The average Bonchev–Trinajstić information content (AvgIpc) is 2.27. The molecule has 0 saturated carbocycles. The van der Waals surface area contributed by atoms with Gasteiger partial charge in [0, 0.05) is 23.5 Å². The fourth-order valence-corrected chi connectivity index (χ4v) is 1.94. The Kier molecular flexibility index (Phi) is 5.43. The van der Waals surface area contributed by atoms with E-state index >= 15 is 0 Å². The van der Waals surface area contributed by atoms with Crippen molar-refractivity contribution in [3.8, 4) is 0 Å². The lowest BCUT2D eigenvalue weighted by molar-refractivity contribution is 0.300. The molecule has 0 fully saturated rings. The van der Waals surface area contributed by atoms with Gasteiger partial charge in [0.1, 0.15) is 0 Å². The van der Waals surface area contributed by atoms with E-state index in [2.05, 4.69) is 37.1 Å². The molecule has 1 aromatic heterocycles. The van der Waals surface area contributed by atoms with Crippen LogP contribution in [0.5, 0.6) is 0 Å². The Morgan fingerprint density at radius 3 is 2.59 bits per heavy atom. The summed E-state index contributed by atoms with van der Waals surface area (Å²) in [6, 6.07) is 4.09. The third-order valence-electron chi connectivity index (χ3n) is 2.20. The molecule has 1 rings (SSSR count). The zero-order chi connectivity index (χ0) is 12.9. The highest BCUT2D eigenvalue weighted by atomic mass is 32.2. The minimum Gasteiger partial charge on any atom is -0.395 e. The molecule has 0 radical (unpaired) electrons. The van der Waals surface area contributed by atoms with Gasteiger partial charge in [-0.3, -0.25) is 0 Å². The van der Waals surface area contributed by atoms with Gasteiger partial charge >= 0.3 is 0 Å². The summed E-state index contributed by atoms with van der Waals surface area (Å²) in [5, 5.41) is 13.5. The SMILES string of the molecule is CC(CO)Sc1ccc(CNC(C)(C)C)cn1. The third-order valence-corrected chi connectivity index (χ3v) is 3.23. The van der Waals surface area contributed by atoms with Crippen LogP contribution in [0.4, 0.5) is 0 Å². The molecule has 0 aliphatic carbocycles. The first-order valence-electron chi connectivity index (χ1n) is 5.88. The predicted molar refractivity (Wildman–Crippen MR) is 73.2 cm³/mol. The maximum Gasteiger partial charge on any atom is 0.0963 e. The van der Waals surface area contributed by atoms with Crippen molar-refractivity contribution in [2.75, 3.05) is 6.61 Å². The summed E-state index contributed by atoms with van der Waals surface area (Å²) in [5.41, 5.74) is 1.31. The molecule has 96 valence electrons. The van der Waals surface area contributed by atoms with Gasteiger partial charge in [0.25, 0.3) is 0 Å². The van der Waals surface area contributed by atoms with Gasteiger partial charge < -0.3 is 10.4 Å². The van der Waals surface area contributed by atoms with E-state index in [1.807, 2.05) is 19.2 Å². The predicted octanol–water partition coefficient (Wildman–Crippen LogP) is 2.44. The number of aromatic nitrogens is 1. The lowest BCUT2D eigenvalue weighted by Gasteiger charge is -2.20. The second-order valence-corrected chi connectivity index (χ2v) is 6.68. The average molecular weight is 254 g/mol. The molecule has 4 heteroatoms. The van der Waals surface area contributed by atoms with Crippen LogP contribution in [0.2, 0.25) is 0 Å². The maximum atomic E-state index is 8.97. The van der Waals surface area contributed by atoms with Crippen molar-refractivity contribution in [3.05, 3.63) is 23.9 Å². The Labute approximate surface area is 108 Å². The Morgan fingerprint density at radius 2 is 2.12 bits per heavy atom. The van der Waals surface area contributed by atoms with Crippen LogP contribution in [0, 0.1) is 0 Å². The molecule has 0 amide bonds. The van der Waals surface area contributed by atoms with E-state index in [1.54, 1.807) is 11.8 Å². The molecule has 1 heterocycles. The molecule has 3 nitrogen and oxygen atoms in total. The molecule has 2 N–H and O–H groups in total. The normalized spacial score (nSPS) is 13.7. The highest BCUT2D eigenvalue weighted by Gasteiger charge is 2.09. The molecule has 17 heavy (non-hydrogen) atoms. The summed E-state index contributed by atoms with van der Waals surface area (Å²) in [6.07, 6.45) is 1.89. The third kappa shape index (κ3) is 6.05. The monoisotopic (exact) mass is 254 g/mol. The van der Waals surface area contributed by atoms with E-state index in [9.17, 15) is 0 Å². The van der Waals surface area contributed by atoms with Crippen LogP contribution in [0.15, 0.2) is 23.4 Å². The van der Waals surface area contributed by atoms with Crippen LogP contribution in [0.25, 0.3) is 0 Å². The molecule has 1 atom stereocenters. The van der Waals surface area contributed by atoms with E-state index in [0.29, 0.717) is 0 Å². The van der Waals surface area contributed by atoms with E-state index in [1.165, 1.54) is 5.56 Å². The number of thioether (sulfide) groups is 1. The van der Waals surface area contributed by atoms with Crippen LogP contribution in [-0.4, -0.2) is 27.5 Å². The Bertz CT molecular complexity index is 332. The summed E-state index contributed by atoms with van der Waals surface area (Å²) in [6.45, 7) is 9.44. The van der Waals surface area contributed by atoms with Gasteiger partial charge in [0.2, 0.25) is 0 Å². The largest absolute Gasteiger partial charge is 0.395 e. The Hall–Kier alpha value is -0.580. The first kappa shape index (κ1) is 14.5. The zero-order valence-electron chi connectivity index (χ0n) is 11.0. The van der Waals surface area contributed by atoms with Crippen molar-refractivity contribution >= 4 is 11.8 Å². The lowest BCUT2D eigenvalue weighted by atomic mass is 10.1. The van der Waals surface area contributed by atoms with Gasteiger partial charge in [-0.05, 0) is 32.4 Å². The molecule has 0 bridgehead atoms. The van der Waals surface area contributed by atoms with Crippen LogP contribution >= 0.6 is 11.8 Å². The summed E-state index contributed by atoms with van der Waals surface area (Å²) in [7, 11) is 0. The molecule has 0 aliphatic rings. The minimum atomic E-state index is 0.124. The number of rotatable bonds is 5. The van der Waals surface area contributed by atoms with E-state index in [0.717, 1.165) is 11.6 Å². The number of pyridine rings is 1. The Balaban J connectivity index is 2.50. The minimum absolute atomic E-state index is 0.124. The standard InChI is InChI=1S/C13H22N2OS/c1-10(9-16)17-12-6-5-11(7-14-12)8-15-13(2,3)4/h5-7,10,15-16H,8-9H2,1-4H3. The molecule has 1 aromatic rings. The molecular weight excluding hydrogens is 232 g/mol. The molecule has 0 aromatic carbocycles. The molecule has 0 spiro atoms. The van der Waals surface area contributed by atoms with Crippen molar-refractivity contribution in [2.45, 2.75) is 50.1 Å².